The van der Waals surface area contributed by atoms with Gasteiger partial charge in [-0.1, -0.05) is 11.6 Å². The zero-order chi connectivity index (χ0) is 17.2. The fraction of sp³-hybridized carbons (Fsp3) is 0.500. The van der Waals surface area contributed by atoms with Gasteiger partial charge in [0.15, 0.2) is 0 Å². The Morgan fingerprint density at radius 2 is 2.22 bits per heavy atom. The van der Waals surface area contributed by atoms with Gasteiger partial charge in [0, 0.05) is 24.0 Å². The minimum atomic E-state index is -4.11. The Morgan fingerprint density at radius 1 is 1.52 bits per heavy atom. The molecule has 0 aromatic heterocycles. The molecule has 9 heteroatoms. The van der Waals surface area contributed by atoms with Gasteiger partial charge in [-0.3, -0.25) is 4.79 Å². The number of benzene rings is 1. The highest BCUT2D eigenvalue weighted by molar-refractivity contribution is 7.89. The van der Waals surface area contributed by atoms with Gasteiger partial charge in [-0.15, -0.1) is 0 Å². The molecule has 1 aliphatic heterocycles. The number of halogens is 3. The minimum Gasteiger partial charge on any atom is -0.337 e. The predicted octanol–water partition coefficient (Wildman–Crippen LogP) is 2.11. The summed E-state index contributed by atoms with van der Waals surface area (Å²) in [6.45, 7) is 1.36. The molecule has 0 spiro atoms. The Kier molecular flexibility index (Phi) is 5.59. The van der Waals surface area contributed by atoms with Crippen LogP contribution in [0, 0.1) is 5.82 Å². The summed E-state index contributed by atoms with van der Waals surface area (Å²) < 4.78 is 52.9. The Hall–Kier alpha value is -1.25. The summed E-state index contributed by atoms with van der Waals surface area (Å²) in [5.41, 5.74) is 0. The van der Waals surface area contributed by atoms with Crippen molar-refractivity contribution in [2.24, 2.45) is 0 Å². The molecule has 1 saturated heterocycles. The second-order valence-electron chi connectivity index (χ2n) is 5.49. The number of carbonyl (C=O) groups excluding carboxylic acids is 1. The van der Waals surface area contributed by atoms with Crippen molar-refractivity contribution in [1.29, 1.82) is 0 Å². The molecule has 1 amide bonds. The number of rotatable bonds is 6. The SMILES string of the molecule is CC(CC(=O)N1CCC1CF)NS(=O)(=O)c1ccc(Cl)cc1F. The first-order valence-corrected chi connectivity index (χ1v) is 8.93. The van der Waals surface area contributed by atoms with Crippen LogP contribution in [0.1, 0.15) is 19.8 Å². The number of nitrogens with zero attached hydrogens (tertiary/aromatic N) is 1. The minimum absolute atomic E-state index is 0.0831. The monoisotopic (exact) mass is 366 g/mol. The van der Waals surface area contributed by atoms with Crippen molar-refractivity contribution < 1.29 is 22.0 Å². The van der Waals surface area contributed by atoms with Crippen LogP contribution in [-0.4, -0.2) is 44.5 Å². The first-order valence-electron chi connectivity index (χ1n) is 7.07. The molecule has 1 heterocycles. The standard InChI is InChI=1S/C14H17ClF2N2O3S/c1-9(6-14(20)19-5-4-11(19)8-16)18-23(21,22)13-3-2-10(15)7-12(13)17/h2-3,7,9,11,18H,4-6,8H2,1H3. The van der Waals surface area contributed by atoms with Gasteiger partial charge in [0.1, 0.15) is 17.4 Å². The number of likely N-dealkylation sites (tertiary alicyclic amines) is 1. The lowest BCUT2D eigenvalue weighted by Gasteiger charge is -2.39. The van der Waals surface area contributed by atoms with Gasteiger partial charge in [-0.2, -0.15) is 0 Å². The summed E-state index contributed by atoms with van der Waals surface area (Å²) in [6, 6.07) is 2.06. The van der Waals surface area contributed by atoms with Crippen molar-refractivity contribution in [3.63, 3.8) is 0 Å². The van der Waals surface area contributed by atoms with Crippen LogP contribution in [0.25, 0.3) is 0 Å². The van der Waals surface area contributed by atoms with Crippen LogP contribution in [0.3, 0.4) is 0 Å². The summed E-state index contributed by atoms with van der Waals surface area (Å²) >= 11 is 5.59. The molecule has 0 bridgehead atoms. The zero-order valence-corrected chi connectivity index (χ0v) is 14.0. The summed E-state index contributed by atoms with van der Waals surface area (Å²) in [7, 11) is -4.11. The summed E-state index contributed by atoms with van der Waals surface area (Å²) in [5, 5.41) is 0.0831. The maximum atomic E-state index is 13.7. The van der Waals surface area contributed by atoms with E-state index in [4.69, 9.17) is 11.6 Å². The molecule has 0 saturated carbocycles. The normalized spacial score (nSPS) is 19.3. The number of nitrogens with one attached hydrogen (secondary N) is 1. The van der Waals surface area contributed by atoms with Crippen LogP contribution in [0.5, 0.6) is 0 Å². The van der Waals surface area contributed by atoms with E-state index in [1.54, 1.807) is 0 Å². The first-order chi connectivity index (χ1) is 10.7. The van der Waals surface area contributed by atoms with Gasteiger partial charge in [0.25, 0.3) is 0 Å². The first kappa shape index (κ1) is 18.1. The van der Waals surface area contributed by atoms with E-state index in [0.717, 1.165) is 12.1 Å². The molecule has 0 radical (unpaired) electrons. The van der Waals surface area contributed by atoms with Crippen LogP contribution < -0.4 is 4.72 Å². The molecule has 2 rings (SSSR count). The van der Waals surface area contributed by atoms with Gasteiger partial charge < -0.3 is 4.90 Å². The number of sulfonamides is 1. The molecule has 1 aromatic carbocycles. The molecule has 1 fully saturated rings. The lowest BCUT2D eigenvalue weighted by molar-refractivity contribution is -0.139. The van der Waals surface area contributed by atoms with Crippen LogP contribution >= 0.6 is 11.6 Å². The van der Waals surface area contributed by atoms with E-state index in [9.17, 15) is 22.0 Å². The zero-order valence-electron chi connectivity index (χ0n) is 12.4. The van der Waals surface area contributed by atoms with E-state index in [0.29, 0.717) is 13.0 Å². The highest BCUT2D eigenvalue weighted by Gasteiger charge is 2.33. The third-order valence-electron chi connectivity index (χ3n) is 3.66. The molecule has 1 aromatic rings. The van der Waals surface area contributed by atoms with E-state index < -0.39 is 39.5 Å². The summed E-state index contributed by atoms with van der Waals surface area (Å²) in [4.78, 5) is 12.8. The highest BCUT2D eigenvalue weighted by Crippen LogP contribution is 2.21. The van der Waals surface area contributed by atoms with Gasteiger partial charge in [-0.05, 0) is 31.5 Å². The average molecular weight is 367 g/mol. The summed E-state index contributed by atoms with van der Waals surface area (Å²) in [5.74, 6) is -1.30. The van der Waals surface area contributed by atoms with Gasteiger partial charge in [-0.25, -0.2) is 21.9 Å². The van der Waals surface area contributed by atoms with Crippen molar-refractivity contribution in [2.45, 2.75) is 36.7 Å². The van der Waals surface area contributed by atoms with E-state index in [1.807, 2.05) is 0 Å². The van der Waals surface area contributed by atoms with Crippen molar-refractivity contribution in [3.05, 3.63) is 29.0 Å². The van der Waals surface area contributed by atoms with Crippen LogP contribution in [0.4, 0.5) is 8.78 Å². The van der Waals surface area contributed by atoms with Gasteiger partial charge in [0.2, 0.25) is 15.9 Å². The molecular weight excluding hydrogens is 350 g/mol. The number of alkyl halides is 1. The lowest BCUT2D eigenvalue weighted by atomic mass is 10.0. The molecule has 0 aliphatic carbocycles. The van der Waals surface area contributed by atoms with Crippen LogP contribution in [-0.2, 0) is 14.8 Å². The third-order valence-corrected chi connectivity index (χ3v) is 5.52. The second-order valence-corrected chi connectivity index (χ2v) is 7.60. The number of amides is 1. The van der Waals surface area contributed by atoms with Gasteiger partial charge in [0.05, 0.1) is 6.04 Å². The van der Waals surface area contributed by atoms with Crippen molar-refractivity contribution in [3.8, 4) is 0 Å². The molecule has 2 unspecified atom stereocenters. The number of hydrogen-bond acceptors (Lipinski definition) is 3. The fourth-order valence-electron chi connectivity index (χ4n) is 2.37. The maximum absolute atomic E-state index is 13.7. The summed E-state index contributed by atoms with van der Waals surface area (Å²) in [6.07, 6.45) is 0.489. The predicted molar refractivity (Wildman–Crippen MR) is 81.9 cm³/mol. The molecule has 5 nitrogen and oxygen atoms in total. The number of carbonyl (C=O) groups is 1. The lowest BCUT2D eigenvalue weighted by Crippen LogP contribution is -2.53. The smallest absolute Gasteiger partial charge is 0.243 e. The largest absolute Gasteiger partial charge is 0.337 e. The van der Waals surface area contributed by atoms with Crippen molar-refractivity contribution in [1.82, 2.24) is 9.62 Å². The van der Waals surface area contributed by atoms with E-state index in [2.05, 4.69) is 4.72 Å². The maximum Gasteiger partial charge on any atom is 0.243 e. The van der Waals surface area contributed by atoms with E-state index in [-0.39, 0.29) is 17.4 Å². The van der Waals surface area contributed by atoms with E-state index >= 15 is 0 Å². The molecule has 23 heavy (non-hydrogen) atoms. The Labute approximate surface area is 138 Å². The average Bonchev–Trinajstić information content (AvgIpc) is 2.35. The van der Waals surface area contributed by atoms with Gasteiger partial charge >= 0.3 is 0 Å². The van der Waals surface area contributed by atoms with Crippen LogP contribution in [0.15, 0.2) is 23.1 Å². The molecule has 2 atom stereocenters. The second kappa shape index (κ2) is 7.11. The van der Waals surface area contributed by atoms with Crippen molar-refractivity contribution >= 4 is 27.5 Å². The molecule has 128 valence electrons. The highest BCUT2D eigenvalue weighted by atomic mass is 35.5. The fourth-order valence-corrected chi connectivity index (χ4v) is 3.83. The Bertz CT molecular complexity index is 697. The molecule has 1 N–H and O–H groups in total. The Balaban J connectivity index is 2.01. The molecular formula is C14H17ClF2N2O3S. The third kappa shape index (κ3) is 4.19. The Morgan fingerprint density at radius 3 is 2.74 bits per heavy atom. The molecule has 1 aliphatic rings. The van der Waals surface area contributed by atoms with Crippen molar-refractivity contribution in [2.75, 3.05) is 13.2 Å². The van der Waals surface area contributed by atoms with E-state index in [1.165, 1.54) is 17.9 Å². The quantitative estimate of drug-likeness (QED) is 0.838. The topological polar surface area (TPSA) is 66.5 Å². The number of hydrogen-bond donors (Lipinski definition) is 1. The van der Waals surface area contributed by atoms with Crippen LogP contribution in [0.2, 0.25) is 5.02 Å².